The molecule has 0 amide bonds. The fourth-order valence-corrected chi connectivity index (χ4v) is 0.712. The molecule has 0 aliphatic carbocycles. The van der Waals surface area contributed by atoms with Gasteiger partial charge in [0.1, 0.15) is 0 Å². The topological polar surface area (TPSA) is 53.0 Å². The van der Waals surface area contributed by atoms with Crippen molar-refractivity contribution in [1.29, 1.82) is 5.26 Å². The fourth-order valence-electron chi connectivity index (χ4n) is 0.712. The molecule has 0 saturated carbocycles. The van der Waals surface area contributed by atoms with Gasteiger partial charge in [-0.2, -0.15) is 5.26 Å². The van der Waals surface area contributed by atoms with E-state index in [1.54, 1.807) is 0 Å². The molecule has 0 bridgehead atoms. The van der Waals surface area contributed by atoms with Gasteiger partial charge in [0.2, 0.25) is 0 Å². The van der Waals surface area contributed by atoms with Gasteiger partial charge >= 0.3 is 0 Å². The number of nitrogens with two attached hydrogens (primary N) is 1. The minimum absolute atomic E-state index is 0.327. The number of nitrogens with zero attached hydrogens (tertiary/aromatic N) is 2. The second-order valence-electron chi connectivity index (χ2n) is 2.48. The zero-order valence-electron chi connectivity index (χ0n) is 6.67. The quantitative estimate of drug-likeness (QED) is 0.607. The first-order valence-electron chi connectivity index (χ1n) is 3.49. The van der Waals surface area contributed by atoms with Crippen molar-refractivity contribution in [2.75, 3.05) is 20.1 Å². The SMILES string of the molecule is CC(CC#N)N(C)CCN. The van der Waals surface area contributed by atoms with E-state index in [0.717, 1.165) is 6.54 Å². The van der Waals surface area contributed by atoms with E-state index in [1.807, 2.05) is 14.0 Å². The highest BCUT2D eigenvalue weighted by Gasteiger charge is 2.05. The molecule has 2 N–H and O–H groups in total. The molecule has 3 nitrogen and oxygen atoms in total. The van der Waals surface area contributed by atoms with Crippen LogP contribution in [0, 0.1) is 11.3 Å². The summed E-state index contributed by atoms with van der Waals surface area (Å²) in [6.07, 6.45) is 0.580. The summed E-state index contributed by atoms with van der Waals surface area (Å²) in [5, 5.41) is 8.35. The molecule has 3 heteroatoms. The standard InChI is InChI=1S/C7H15N3/c1-7(3-4-8)10(2)6-5-9/h7H,3,5-6,9H2,1-2H3. The van der Waals surface area contributed by atoms with Crippen LogP contribution >= 0.6 is 0 Å². The maximum absolute atomic E-state index is 8.35. The van der Waals surface area contributed by atoms with Crippen molar-refractivity contribution in [1.82, 2.24) is 4.90 Å². The van der Waals surface area contributed by atoms with E-state index in [0.29, 0.717) is 19.0 Å². The van der Waals surface area contributed by atoms with Crippen molar-refractivity contribution < 1.29 is 0 Å². The molecule has 0 aromatic carbocycles. The summed E-state index contributed by atoms with van der Waals surface area (Å²) in [6, 6.07) is 2.45. The minimum atomic E-state index is 0.327. The molecule has 1 atom stereocenters. The molecule has 0 fully saturated rings. The monoisotopic (exact) mass is 141 g/mol. The molecule has 0 aliphatic heterocycles. The van der Waals surface area contributed by atoms with E-state index in [-0.39, 0.29) is 0 Å². The molecule has 0 heterocycles. The van der Waals surface area contributed by atoms with Gasteiger partial charge in [0, 0.05) is 19.1 Å². The second kappa shape index (κ2) is 5.21. The maximum Gasteiger partial charge on any atom is 0.0638 e. The first kappa shape index (κ1) is 9.41. The predicted molar refractivity (Wildman–Crippen MR) is 41.4 cm³/mol. The molecule has 0 aromatic rings. The Morgan fingerprint density at radius 3 is 2.70 bits per heavy atom. The van der Waals surface area contributed by atoms with Gasteiger partial charge in [-0.1, -0.05) is 0 Å². The van der Waals surface area contributed by atoms with Crippen molar-refractivity contribution in [2.24, 2.45) is 5.73 Å². The molecule has 10 heavy (non-hydrogen) atoms. The summed E-state index contributed by atoms with van der Waals surface area (Å²) < 4.78 is 0. The van der Waals surface area contributed by atoms with Crippen molar-refractivity contribution in [3.63, 3.8) is 0 Å². The molecule has 0 spiro atoms. The Balaban J connectivity index is 3.50. The van der Waals surface area contributed by atoms with E-state index < -0.39 is 0 Å². The first-order valence-corrected chi connectivity index (χ1v) is 3.49. The molecule has 0 aromatic heterocycles. The van der Waals surface area contributed by atoms with E-state index in [4.69, 9.17) is 11.0 Å². The van der Waals surface area contributed by atoms with Gasteiger partial charge in [-0.3, -0.25) is 0 Å². The lowest BCUT2D eigenvalue weighted by Gasteiger charge is -2.21. The third-order valence-corrected chi connectivity index (χ3v) is 1.62. The average molecular weight is 141 g/mol. The number of nitriles is 1. The van der Waals surface area contributed by atoms with E-state index >= 15 is 0 Å². The van der Waals surface area contributed by atoms with Crippen LogP contribution in [0.5, 0.6) is 0 Å². The smallest absolute Gasteiger partial charge is 0.0638 e. The Labute approximate surface area is 62.4 Å². The number of rotatable bonds is 4. The summed E-state index contributed by atoms with van der Waals surface area (Å²) in [5.74, 6) is 0. The predicted octanol–water partition coefficient (Wildman–Crippen LogP) is 0.179. The molecule has 0 rings (SSSR count). The Bertz CT molecular complexity index is 117. The van der Waals surface area contributed by atoms with Gasteiger partial charge in [0.25, 0.3) is 0 Å². The zero-order valence-corrected chi connectivity index (χ0v) is 6.67. The van der Waals surface area contributed by atoms with Gasteiger partial charge in [0.15, 0.2) is 0 Å². The fraction of sp³-hybridized carbons (Fsp3) is 0.857. The largest absolute Gasteiger partial charge is 0.329 e. The minimum Gasteiger partial charge on any atom is -0.329 e. The Morgan fingerprint density at radius 1 is 1.70 bits per heavy atom. The molecule has 0 radical (unpaired) electrons. The van der Waals surface area contributed by atoms with E-state index in [9.17, 15) is 0 Å². The highest BCUT2D eigenvalue weighted by atomic mass is 15.1. The molecular weight excluding hydrogens is 126 g/mol. The van der Waals surface area contributed by atoms with Crippen LogP contribution in [0.2, 0.25) is 0 Å². The van der Waals surface area contributed by atoms with Crippen LogP contribution in [0.25, 0.3) is 0 Å². The van der Waals surface area contributed by atoms with Crippen molar-refractivity contribution in [3.8, 4) is 6.07 Å². The Morgan fingerprint density at radius 2 is 2.30 bits per heavy atom. The van der Waals surface area contributed by atoms with Crippen molar-refractivity contribution in [2.45, 2.75) is 19.4 Å². The number of hydrogen-bond acceptors (Lipinski definition) is 3. The van der Waals surface area contributed by atoms with Gasteiger partial charge in [-0.05, 0) is 14.0 Å². The van der Waals surface area contributed by atoms with Crippen molar-refractivity contribution >= 4 is 0 Å². The van der Waals surface area contributed by atoms with Crippen LogP contribution < -0.4 is 5.73 Å². The number of hydrogen-bond donors (Lipinski definition) is 1. The normalized spacial score (nSPS) is 13.1. The van der Waals surface area contributed by atoms with Crippen LogP contribution in [0.4, 0.5) is 0 Å². The van der Waals surface area contributed by atoms with E-state index in [2.05, 4.69) is 11.0 Å². The van der Waals surface area contributed by atoms with Crippen LogP contribution in [0.3, 0.4) is 0 Å². The first-order chi connectivity index (χ1) is 4.72. The molecular formula is C7H15N3. The highest BCUT2D eigenvalue weighted by molar-refractivity contribution is 4.78. The van der Waals surface area contributed by atoms with Crippen LogP contribution in [-0.2, 0) is 0 Å². The summed E-state index contributed by atoms with van der Waals surface area (Å²) in [4.78, 5) is 2.09. The third-order valence-electron chi connectivity index (χ3n) is 1.62. The van der Waals surface area contributed by atoms with Crippen LogP contribution in [-0.4, -0.2) is 31.1 Å². The average Bonchev–Trinajstić information content (AvgIpc) is 1.89. The van der Waals surface area contributed by atoms with Gasteiger partial charge in [0.05, 0.1) is 12.5 Å². The van der Waals surface area contributed by atoms with Gasteiger partial charge in [-0.15, -0.1) is 0 Å². The molecule has 0 aliphatic rings. The van der Waals surface area contributed by atoms with Gasteiger partial charge < -0.3 is 10.6 Å². The summed E-state index contributed by atoms with van der Waals surface area (Å²) in [6.45, 7) is 3.55. The Kier molecular flexibility index (Phi) is 4.91. The summed E-state index contributed by atoms with van der Waals surface area (Å²) in [5.41, 5.74) is 5.34. The maximum atomic E-state index is 8.35. The van der Waals surface area contributed by atoms with E-state index in [1.165, 1.54) is 0 Å². The highest BCUT2D eigenvalue weighted by Crippen LogP contribution is 1.97. The lowest BCUT2D eigenvalue weighted by molar-refractivity contribution is 0.268. The molecule has 58 valence electrons. The molecule has 0 saturated heterocycles. The lowest BCUT2D eigenvalue weighted by Crippen LogP contribution is -2.33. The summed E-state index contributed by atoms with van der Waals surface area (Å²) in [7, 11) is 1.98. The summed E-state index contributed by atoms with van der Waals surface area (Å²) >= 11 is 0. The third kappa shape index (κ3) is 3.44. The molecule has 1 unspecified atom stereocenters. The van der Waals surface area contributed by atoms with Gasteiger partial charge in [-0.25, -0.2) is 0 Å². The van der Waals surface area contributed by atoms with Crippen LogP contribution in [0.15, 0.2) is 0 Å². The van der Waals surface area contributed by atoms with Crippen LogP contribution in [0.1, 0.15) is 13.3 Å². The number of likely N-dealkylation sites (N-methyl/N-ethyl adjacent to an activating group) is 1. The lowest BCUT2D eigenvalue weighted by atomic mass is 10.2. The zero-order chi connectivity index (χ0) is 7.98. The Hall–Kier alpha value is -0.590. The van der Waals surface area contributed by atoms with Crippen molar-refractivity contribution in [3.05, 3.63) is 0 Å². The second-order valence-corrected chi connectivity index (χ2v) is 2.48.